The molecule has 2 amide bonds. The van der Waals surface area contributed by atoms with Crippen LogP contribution >= 0.6 is 0 Å². The molecule has 0 aromatic carbocycles. The number of carbonyl (C=O) groups is 1. The Bertz CT molecular complexity index is 557. The van der Waals surface area contributed by atoms with Crippen LogP contribution < -0.4 is 10.1 Å². The van der Waals surface area contributed by atoms with Gasteiger partial charge in [-0.1, -0.05) is 12.8 Å². The molecular weight excluding hydrogens is 320 g/mol. The van der Waals surface area contributed by atoms with Crippen LogP contribution in [0.15, 0.2) is 18.3 Å². The van der Waals surface area contributed by atoms with E-state index in [4.69, 9.17) is 9.47 Å². The second kappa shape index (κ2) is 9.01. The maximum atomic E-state index is 12.9. The predicted octanol–water partition coefficient (Wildman–Crippen LogP) is 2.20. The molecule has 2 heterocycles. The fourth-order valence-corrected chi connectivity index (χ4v) is 3.58. The summed E-state index contributed by atoms with van der Waals surface area (Å²) in [6, 6.07) is 3.87. The quantitative estimate of drug-likeness (QED) is 0.854. The van der Waals surface area contributed by atoms with Crippen LogP contribution in [0.1, 0.15) is 25.7 Å². The van der Waals surface area contributed by atoms with E-state index in [1.807, 2.05) is 11.0 Å². The lowest BCUT2D eigenvalue weighted by Gasteiger charge is -2.33. The van der Waals surface area contributed by atoms with Gasteiger partial charge in [-0.3, -0.25) is 4.90 Å². The van der Waals surface area contributed by atoms with Gasteiger partial charge in [0, 0.05) is 38.4 Å². The smallest absolute Gasteiger partial charge is 0.322 e. The van der Waals surface area contributed by atoms with E-state index in [1.165, 1.54) is 12.8 Å². The Morgan fingerprint density at radius 3 is 2.88 bits per heavy atom. The molecule has 1 aromatic rings. The number of amides is 2. The molecule has 1 aromatic heterocycles. The highest BCUT2D eigenvalue weighted by molar-refractivity contribution is 5.90. The minimum atomic E-state index is -0.0635. The molecule has 3 rings (SSSR count). The average molecular weight is 348 g/mol. The number of carbonyl (C=O) groups excluding carboxylic acids is 1. The molecule has 0 atom stereocenters. The first-order valence-electron chi connectivity index (χ1n) is 9.14. The third kappa shape index (κ3) is 4.83. The van der Waals surface area contributed by atoms with E-state index in [2.05, 4.69) is 15.2 Å². The summed E-state index contributed by atoms with van der Waals surface area (Å²) in [6.45, 7) is 5.06. The van der Waals surface area contributed by atoms with E-state index in [9.17, 15) is 4.79 Å². The van der Waals surface area contributed by atoms with E-state index in [0.717, 1.165) is 52.2 Å². The van der Waals surface area contributed by atoms with Crippen molar-refractivity contribution >= 4 is 11.7 Å². The van der Waals surface area contributed by atoms with Gasteiger partial charge < -0.3 is 19.7 Å². The summed E-state index contributed by atoms with van der Waals surface area (Å²) in [5, 5.41) is 2.98. The summed E-state index contributed by atoms with van der Waals surface area (Å²) in [5.74, 6) is 0.440. The zero-order valence-corrected chi connectivity index (χ0v) is 14.9. The van der Waals surface area contributed by atoms with Crippen LogP contribution in [0.2, 0.25) is 0 Å². The number of pyridine rings is 1. The molecule has 25 heavy (non-hydrogen) atoms. The van der Waals surface area contributed by atoms with Crippen molar-refractivity contribution in [1.82, 2.24) is 14.8 Å². The highest BCUT2D eigenvalue weighted by atomic mass is 16.5. The molecule has 0 bridgehead atoms. The summed E-state index contributed by atoms with van der Waals surface area (Å²) >= 11 is 0. The molecule has 1 saturated heterocycles. The number of hydrogen-bond donors (Lipinski definition) is 1. The molecule has 1 aliphatic carbocycles. The zero-order valence-electron chi connectivity index (χ0n) is 14.9. The fraction of sp³-hybridized carbons (Fsp3) is 0.667. The number of aromatic nitrogens is 1. The van der Waals surface area contributed by atoms with E-state index in [0.29, 0.717) is 17.6 Å². The van der Waals surface area contributed by atoms with Gasteiger partial charge in [-0.2, -0.15) is 0 Å². The van der Waals surface area contributed by atoms with Crippen molar-refractivity contribution in [3.05, 3.63) is 18.3 Å². The molecule has 1 aliphatic heterocycles. The minimum absolute atomic E-state index is 0.0635. The van der Waals surface area contributed by atoms with Crippen molar-refractivity contribution in [1.29, 1.82) is 0 Å². The Morgan fingerprint density at radius 1 is 1.40 bits per heavy atom. The monoisotopic (exact) mass is 348 g/mol. The van der Waals surface area contributed by atoms with E-state index >= 15 is 0 Å². The fourth-order valence-electron chi connectivity index (χ4n) is 3.58. The Kier molecular flexibility index (Phi) is 6.47. The Hall–Kier alpha value is -1.86. The summed E-state index contributed by atoms with van der Waals surface area (Å²) in [6.07, 6.45) is 6.22. The first-order valence-corrected chi connectivity index (χ1v) is 9.14. The van der Waals surface area contributed by atoms with Gasteiger partial charge in [-0.15, -0.1) is 0 Å². The summed E-state index contributed by atoms with van der Waals surface area (Å²) in [4.78, 5) is 21.4. The molecule has 1 N–H and O–H groups in total. The van der Waals surface area contributed by atoms with Gasteiger partial charge in [0.05, 0.1) is 20.3 Å². The standard InChI is InChI=1S/C18H28N4O3/c1-24-17-16(7-4-8-19-17)20-18(23)22(15-5-2-3-6-15)10-9-21-11-13-25-14-12-21/h4,7-8,15H,2-3,5-6,9-14H2,1H3,(H,20,23). The van der Waals surface area contributed by atoms with Gasteiger partial charge in [-0.25, -0.2) is 9.78 Å². The maximum absolute atomic E-state index is 12.9. The van der Waals surface area contributed by atoms with Crippen molar-refractivity contribution in [3.8, 4) is 5.88 Å². The van der Waals surface area contributed by atoms with Gasteiger partial charge in [0.2, 0.25) is 5.88 Å². The largest absolute Gasteiger partial charge is 0.480 e. The van der Waals surface area contributed by atoms with E-state index < -0.39 is 0 Å². The third-order valence-corrected chi connectivity index (χ3v) is 4.99. The second-order valence-electron chi connectivity index (χ2n) is 6.58. The Morgan fingerprint density at radius 2 is 2.16 bits per heavy atom. The number of nitrogens with one attached hydrogen (secondary N) is 1. The Labute approximate surface area is 149 Å². The molecular formula is C18H28N4O3. The molecule has 1 saturated carbocycles. The number of hydrogen-bond acceptors (Lipinski definition) is 5. The molecule has 0 radical (unpaired) electrons. The molecule has 7 heteroatoms. The van der Waals surface area contributed by atoms with Crippen LogP contribution in [0.25, 0.3) is 0 Å². The van der Waals surface area contributed by atoms with Gasteiger partial charge in [0.15, 0.2) is 0 Å². The van der Waals surface area contributed by atoms with Crippen LogP contribution in [0.3, 0.4) is 0 Å². The third-order valence-electron chi connectivity index (χ3n) is 4.99. The minimum Gasteiger partial charge on any atom is -0.480 e. The lowest BCUT2D eigenvalue weighted by atomic mass is 10.2. The number of ether oxygens (including phenoxy) is 2. The number of morpholine rings is 1. The normalized spacial score (nSPS) is 18.9. The number of rotatable bonds is 6. The summed E-state index contributed by atoms with van der Waals surface area (Å²) < 4.78 is 10.6. The second-order valence-corrected chi connectivity index (χ2v) is 6.58. The lowest BCUT2D eigenvalue weighted by molar-refractivity contribution is 0.0337. The average Bonchev–Trinajstić information content (AvgIpc) is 3.17. The van der Waals surface area contributed by atoms with Crippen LogP contribution in [-0.2, 0) is 4.74 Å². The summed E-state index contributed by atoms with van der Waals surface area (Å²) in [7, 11) is 1.56. The van der Waals surface area contributed by atoms with Crippen LogP contribution in [0.4, 0.5) is 10.5 Å². The molecule has 0 unspecified atom stereocenters. The maximum Gasteiger partial charge on any atom is 0.322 e. The van der Waals surface area contributed by atoms with E-state index in [1.54, 1.807) is 19.4 Å². The van der Waals surface area contributed by atoms with Crippen molar-refractivity contribution < 1.29 is 14.3 Å². The van der Waals surface area contributed by atoms with Crippen LogP contribution in [0, 0.1) is 0 Å². The van der Waals surface area contributed by atoms with Gasteiger partial charge in [0.25, 0.3) is 0 Å². The molecule has 2 fully saturated rings. The molecule has 0 spiro atoms. The van der Waals surface area contributed by atoms with Crippen molar-refractivity contribution in [2.24, 2.45) is 0 Å². The van der Waals surface area contributed by atoms with Gasteiger partial charge in [-0.05, 0) is 25.0 Å². The first-order chi connectivity index (χ1) is 12.3. The van der Waals surface area contributed by atoms with Gasteiger partial charge in [0.1, 0.15) is 5.69 Å². The number of methoxy groups -OCH3 is 1. The van der Waals surface area contributed by atoms with Crippen molar-refractivity contribution in [3.63, 3.8) is 0 Å². The van der Waals surface area contributed by atoms with Crippen molar-refractivity contribution in [2.45, 2.75) is 31.7 Å². The lowest BCUT2D eigenvalue weighted by Crippen LogP contribution is -2.47. The number of urea groups is 1. The SMILES string of the molecule is COc1ncccc1NC(=O)N(CCN1CCOCC1)C1CCCC1. The van der Waals surface area contributed by atoms with Gasteiger partial charge >= 0.3 is 6.03 Å². The van der Waals surface area contributed by atoms with E-state index in [-0.39, 0.29) is 6.03 Å². The number of anilines is 1. The first kappa shape index (κ1) is 17.9. The highest BCUT2D eigenvalue weighted by Gasteiger charge is 2.27. The highest BCUT2D eigenvalue weighted by Crippen LogP contribution is 2.26. The molecule has 7 nitrogen and oxygen atoms in total. The number of nitrogens with zero attached hydrogens (tertiary/aromatic N) is 3. The molecule has 2 aliphatic rings. The van der Waals surface area contributed by atoms with Crippen molar-refractivity contribution in [2.75, 3.05) is 51.8 Å². The zero-order chi connectivity index (χ0) is 17.5. The van der Waals surface area contributed by atoms with Crippen LogP contribution in [-0.4, -0.2) is 73.4 Å². The van der Waals surface area contributed by atoms with Crippen LogP contribution in [0.5, 0.6) is 5.88 Å². The predicted molar refractivity (Wildman–Crippen MR) is 96.0 cm³/mol. The Balaban J connectivity index is 1.64. The summed E-state index contributed by atoms with van der Waals surface area (Å²) in [5.41, 5.74) is 0.615. The topological polar surface area (TPSA) is 66.9 Å². The molecule has 138 valence electrons.